The predicted octanol–water partition coefficient (Wildman–Crippen LogP) is 0.643. The highest BCUT2D eigenvalue weighted by Crippen LogP contribution is 2.32. The maximum absolute atomic E-state index is 12.4. The zero-order valence-corrected chi connectivity index (χ0v) is 14.3. The van der Waals surface area contributed by atoms with E-state index in [-0.39, 0.29) is 18.9 Å². The van der Waals surface area contributed by atoms with Gasteiger partial charge in [0.1, 0.15) is 17.2 Å². The van der Waals surface area contributed by atoms with Gasteiger partial charge in [-0.1, -0.05) is 23.5 Å². The fourth-order valence-electron chi connectivity index (χ4n) is 2.73. The Hall–Kier alpha value is -1.91. The van der Waals surface area contributed by atoms with E-state index >= 15 is 0 Å². The van der Waals surface area contributed by atoms with Crippen LogP contribution < -0.4 is 5.32 Å². The van der Waals surface area contributed by atoms with Crippen molar-refractivity contribution in [2.45, 2.75) is 37.8 Å². The summed E-state index contributed by atoms with van der Waals surface area (Å²) in [5.74, 6) is -0.345. The Morgan fingerprint density at radius 2 is 2.16 bits per heavy atom. The number of rotatable bonds is 4. The molecule has 0 saturated carbocycles. The van der Waals surface area contributed by atoms with Gasteiger partial charge in [0.15, 0.2) is 0 Å². The third kappa shape index (κ3) is 4.02. The van der Waals surface area contributed by atoms with Crippen LogP contribution in [0.2, 0.25) is 0 Å². The Labute approximate surface area is 148 Å². The van der Waals surface area contributed by atoms with Crippen molar-refractivity contribution in [1.29, 1.82) is 0 Å². The number of aliphatic hydroxyl groups is 3. The first kappa shape index (κ1) is 17.9. The van der Waals surface area contributed by atoms with Crippen molar-refractivity contribution in [1.82, 2.24) is 10.2 Å². The van der Waals surface area contributed by atoms with Crippen LogP contribution in [0, 0.1) is 6.92 Å². The zero-order valence-electron chi connectivity index (χ0n) is 13.5. The molecule has 1 fully saturated rings. The molecule has 1 aliphatic heterocycles. The van der Waals surface area contributed by atoms with Crippen LogP contribution >= 0.6 is 11.3 Å². The summed E-state index contributed by atoms with van der Waals surface area (Å²) in [5.41, 5.74) is 0.978. The number of aromatic nitrogens is 2. The molecule has 1 aromatic carbocycles. The average Bonchev–Trinajstić information content (AvgIpc) is 3.00. The van der Waals surface area contributed by atoms with Crippen molar-refractivity contribution in [2.24, 2.45) is 0 Å². The van der Waals surface area contributed by atoms with Crippen LogP contribution in [0.1, 0.15) is 33.5 Å². The minimum absolute atomic E-state index is 0.0936. The van der Waals surface area contributed by atoms with Crippen LogP contribution in [-0.2, 0) is 4.74 Å². The van der Waals surface area contributed by atoms with Crippen LogP contribution in [0.25, 0.3) is 0 Å². The molecule has 1 amide bonds. The number of hydrogen-bond donors (Lipinski definition) is 4. The standard InChI is InChI=1S/C16H19N3O5S/c1-8-18-19-16(25-8)17-15(23)10-4-2-3-9(5-10)14-12(22)6-11(21)13(7-20)24-14/h2-5,11-14,20-22H,6-7H2,1H3,(H,17,19,23). The monoisotopic (exact) mass is 365 g/mol. The fraction of sp³-hybridized carbons (Fsp3) is 0.438. The van der Waals surface area contributed by atoms with E-state index in [0.29, 0.717) is 16.3 Å². The molecular weight excluding hydrogens is 346 g/mol. The van der Waals surface area contributed by atoms with Gasteiger partial charge in [0.2, 0.25) is 5.13 Å². The summed E-state index contributed by atoms with van der Waals surface area (Å²) < 4.78 is 5.60. The summed E-state index contributed by atoms with van der Waals surface area (Å²) in [6.45, 7) is 1.45. The van der Waals surface area contributed by atoms with Gasteiger partial charge in [0.05, 0.1) is 18.8 Å². The molecule has 4 N–H and O–H groups in total. The summed E-state index contributed by atoms with van der Waals surface area (Å²) in [5, 5.41) is 40.8. The van der Waals surface area contributed by atoms with Crippen LogP contribution in [0.4, 0.5) is 5.13 Å². The third-order valence-electron chi connectivity index (χ3n) is 3.99. The van der Waals surface area contributed by atoms with Crippen molar-refractivity contribution in [3.63, 3.8) is 0 Å². The van der Waals surface area contributed by atoms with Gasteiger partial charge in [-0.3, -0.25) is 10.1 Å². The van der Waals surface area contributed by atoms with Gasteiger partial charge in [-0.05, 0) is 24.6 Å². The van der Waals surface area contributed by atoms with Gasteiger partial charge in [0, 0.05) is 12.0 Å². The quantitative estimate of drug-likeness (QED) is 0.627. The zero-order chi connectivity index (χ0) is 18.0. The van der Waals surface area contributed by atoms with Gasteiger partial charge < -0.3 is 20.1 Å². The maximum Gasteiger partial charge on any atom is 0.257 e. The summed E-state index contributed by atoms with van der Waals surface area (Å²) in [6, 6.07) is 6.67. The SMILES string of the molecule is Cc1nnc(NC(=O)c2cccc(C3OC(CO)C(O)CC3O)c2)s1. The number of hydrogen-bond acceptors (Lipinski definition) is 8. The Morgan fingerprint density at radius 1 is 1.36 bits per heavy atom. The summed E-state index contributed by atoms with van der Waals surface area (Å²) in [4.78, 5) is 12.4. The molecule has 2 aromatic rings. The third-order valence-corrected chi connectivity index (χ3v) is 4.74. The topological polar surface area (TPSA) is 125 Å². The molecule has 3 rings (SSSR count). The second-order valence-corrected chi connectivity index (χ2v) is 7.04. The first-order valence-corrected chi connectivity index (χ1v) is 8.63. The number of ether oxygens (including phenoxy) is 1. The number of carbonyl (C=O) groups is 1. The van der Waals surface area contributed by atoms with E-state index in [1.165, 1.54) is 11.3 Å². The Morgan fingerprint density at radius 3 is 2.84 bits per heavy atom. The molecule has 1 aromatic heterocycles. The predicted molar refractivity (Wildman–Crippen MR) is 90.4 cm³/mol. The Balaban J connectivity index is 1.77. The molecule has 0 aliphatic carbocycles. The van der Waals surface area contributed by atoms with Crippen LogP contribution in [0.3, 0.4) is 0 Å². The van der Waals surface area contributed by atoms with Crippen molar-refractivity contribution >= 4 is 22.4 Å². The molecule has 4 unspecified atom stereocenters. The number of benzene rings is 1. The summed E-state index contributed by atoms with van der Waals surface area (Å²) >= 11 is 1.27. The van der Waals surface area contributed by atoms with E-state index in [1.807, 2.05) is 0 Å². The lowest BCUT2D eigenvalue weighted by atomic mass is 9.93. The smallest absolute Gasteiger partial charge is 0.257 e. The first-order chi connectivity index (χ1) is 12.0. The molecule has 0 radical (unpaired) electrons. The maximum atomic E-state index is 12.4. The molecule has 0 bridgehead atoms. The van der Waals surface area contributed by atoms with E-state index in [4.69, 9.17) is 4.74 Å². The number of aryl methyl sites for hydroxylation is 1. The largest absolute Gasteiger partial charge is 0.394 e. The van der Waals surface area contributed by atoms with Gasteiger partial charge in [0.25, 0.3) is 5.91 Å². The van der Waals surface area contributed by atoms with Crippen LogP contribution in [-0.4, -0.2) is 56.3 Å². The first-order valence-electron chi connectivity index (χ1n) is 7.82. The number of anilines is 1. The Kier molecular flexibility index (Phi) is 5.40. The number of aliphatic hydroxyl groups excluding tert-OH is 3. The highest BCUT2D eigenvalue weighted by molar-refractivity contribution is 7.15. The highest BCUT2D eigenvalue weighted by Gasteiger charge is 2.36. The summed E-state index contributed by atoms with van der Waals surface area (Å²) in [6.07, 6.45) is -3.26. The molecule has 1 aliphatic rings. The van der Waals surface area contributed by atoms with E-state index in [2.05, 4.69) is 15.5 Å². The van der Waals surface area contributed by atoms with E-state index in [9.17, 15) is 20.1 Å². The average molecular weight is 365 g/mol. The molecule has 8 nitrogen and oxygen atoms in total. The number of amides is 1. The van der Waals surface area contributed by atoms with Crippen molar-refractivity contribution in [2.75, 3.05) is 11.9 Å². The molecule has 134 valence electrons. The molecular formula is C16H19N3O5S. The summed E-state index contributed by atoms with van der Waals surface area (Å²) in [7, 11) is 0. The van der Waals surface area contributed by atoms with Gasteiger partial charge in [-0.25, -0.2) is 0 Å². The van der Waals surface area contributed by atoms with Crippen molar-refractivity contribution in [3.8, 4) is 0 Å². The van der Waals surface area contributed by atoms with Gasteiger partial charge >= 0.3 is 0 Å². The highest BCUT2D eigenvalue weighted by atomic mass is 32.1. The van der Waals surface area contributed by atoms with Gasteiger partial charge in [-0.2, -0.15) is 0 Å². The molecule has 9 heteroatoms. The van der Waals surface area contributed by atoms with E-state index in [0.717, 1.165) is 5.01 Å². The Bertz CT molecular complexity index is 753. The van der Waals surface area contributed by atoms with Crippen molar-refractivity contribution < 1.29 is 24.9 Å². The van der Waals surface area contributed by atoms with Crippen molar-refractivity contribution in [3.05, 3.63) is 40.4 Å². The number of carbonyl (C=O) groups excluding carboxylic acids is 1. The second-order valence-electron chi connectivity index (χ2n) is 5.85. The lowest BCUT2D eigenvalue weighted by Gasteiger charge is -2.36. The van der Waals surface area contributed by atoms with Crippen LogP contribution in [0.15, 0.2) is 24.3 Å². The van der Waals surface area contributed by atoms with E-state index in [1.54, 1.807) is 31.2 Å². The number of nitrogens with one attached hydrogen (secondary N) is 1. The van der Waals surface area contributed by atoms with Gasteiger partial charge in [-0.15, -0.1) is 10.2 Å². The normalized spacial score (nSPS) is 26.4. The molecule has 0 spiro atoms. The van der Waals surface area contributed by atoms with Crippen LogP contribution in [0.5, 0.6) is 0 Å². The minimum atomic E-state index is -0.929. The van der Waals surface area contributed by atoms with E-state index < -0.39 is 24.4 Å². The molecule has 4 atom stereocenters. The molecule has 1 saturated heterocycles. The second kappa shape index (κ2) is 7.54. The fourth-order valence-corrected chi connectivity index (χ4v) is 3.32. The number of nitrogens with zero attached hydrogens (tertiary/aromatic N) is 2. The molecule has 25 heavy (non-hydrogen) atoms. The lowest BCUT2D eigenvalue weighted by molar-refractivity contribution is -0.181. The minimum Gasteiger partial charge on any atom is -0.394 e. The molecule has 2 heterocycles. The lowest BCUT2D eigenvalue weighted by Crippen LogP contribution is -2.44.